The Morgan fingerprint density at radius 2 is 1.81 bits per heavy atom. The molecule has 0 aliphatic carbocycles. The zero-order chi connectivity index (χ0) is 12.7. The highest BCUT2D eigenvalue weighted by Gasteiger charge is 2.28. The molecule has 0 radical (unpaired) electrons. The molecule has 2 atom stereocenters. The molecule has 2 unspecified atom stereocenters. The minimum absolute atomic E-state index is 0.00416. The van der Waals surface area contributed by atoms with Crippen molar-refractivity contribution in [2.24, 2.45) is 5.92 Å². The van der Waals surface area contributed by atoms with Crippen LogP contribution in [0.1, 0.15) is 33.6 Å². The molecular formula is C11H21NO3S. The van der Waals surface area contributed by atoms with E-state index in [1.165, 1.54) is 11.8 Å². The average Bonchev–Trinajstić information content (AvgIpc) is 2.27. The summed E-state index contributed by atoms with van der Waals surface area (Å²) in [7, 11) is 0. The fraction of sp³-hybridized carbons (Fsp3) is 0.818. The molecule has 1 amide bonds. The van der Waals surface area contributed by atoms with Crippen LogP contribution in [0.15, 0.2) is 0 Å². The number of amides is 1. The van der Waals surface area contributed by atoms with Crippen LogP contribution in [0.3, 0.4) is 0 Å². The van der Waals surface area contributed by atoms with Gasteiger partial charge in [-0.3, -0.25) is 4.79 Å². The fourth-order valence-corrected chi connectivity index (χ4v) is 1.80. The van der Waals surface area contributed by atoms with E-state index in [1.807, 2.05) is 20.1 Å². The van der Waals surface area contributed by atoms with Gasteiger partial charge in [0.05, 0.1) is 5.25 Å². The quantitative estimate of drug-likeness (QED) is 0.719. The first-order valence-electron chi connectivity index (χ1n) is 5.53. The van der Waals surface area contributed by atoms with Crippen molar-refractivity contribution < 1.29 is 14.7 Å². The molecular weight excluding hydrogens is 226 g/mol. The van der Waals surface area contributed by atoms with Crippen molar-refractivity contribution in [2.75, 3.05) is 6.26 Å². The lowest BCUT2D eigenvalue weighted by Crippen LogP contribution is -2.48. The van der Waals surface area contributed by atoms with Gasteiger partial charge in [-0.25, -0.2) is 4.79 Å². The van der Waals surface area contributed by atoms with E-state index in [4.69, 9.17) is 5.11 Å². The number of carbonyl (C=O) groups excluding carboxylic acids is 1. The van der Waals surface area contributed by atoms with E-state index in [0.717, 1.165) is 12.8 Å². The minimum Gasteiger partial charge on any atom is -0.480 e. The highest BCUT2D eigenvalue weighted by Crippen LogP contribution is 2.14. The van der Waals surface area contributed by atoms with Crippen LogP contribution in [0.5, 0.6) is 0 Å². The Hall–Kier alpha value is -0.710. The molecule has 0 saturated carbocycles. The van der Waals surface area contributed by atoms with Gasteiger partial charge in [0.1, 0.15) is 6.04 Å². The molecule has 0 heterocycles. The Morgan fingerprint density at radius 3 is 2.12 bits per heavy atom. The summed E-state index contributed by atoms with van der Waals surface area (Å²) < 4.78 is 0. The van der Waals surface area contributed by atoms with Crippen LogP contribution in [0.2, 0.25) is 0 Å². The smallest absolute Gasteiger partial charge is 0.326 e. The number of nitrogens with one attached hydrogen (secondary N) is 1. The Balaban J connectivity index is 4.56. The molecule has 0 aromatic rings. The van der Waals surface area contributed by atoms with Crippen molar-refractivity contribution in [3.05, 3.63) is 0 Å². The predicted octanol–water partition coefficient (Wildman–Crippen LogP) is 1.74. The zero-order valence-electron chi connectivity index (χ0n) is 10.3. The van der Waals surface area contributed by atoms with Crippen LogP contribution < -0.4 is 5.32 Å². The van der Waals surface area contributed by atoms with Gasteiger partial charge in [-0.1, -0.05) is 26.7 Å². The van der Waals surface area contributed by atoms with E-state index in [9.17, 15) is 9.59 Å². The maximum absolute atomic E-state index is 11.6. The lowest BCUT2D eigenvalue weighted by atomic mass is 9.94. The highest BCUT2D eigenvalue weighted by atomic mass is 32.2. The molecule has 2 N–H and O–H groups in total. The normalized spacial score (nSPS) is 14.6. The van der Waals surface area contributed by atoms with Crippen LogP contribution >= 0.6 is 11.8 Å². The number of carbonyl (C=O) groups is 2. The van der Waals surface area contributed by atoms with E-state index in [2.05, 4.69) is 5.32 Å². The summed E-state index contributed by atoms with van der Waals surface area (Å²) in [6.07, 6.45) is 3.33. The van der Waals surface area contributed by atoms with Crippen molar-refractivity contribution in [2.45, 2.75) is 44.9 Å². The summed E-state index contributed by atoms with van der Waals surface area (Å²) >= 11 is 1.41. The van der Waals surface area contributed by atoms with E-state index >= 15 is 0 Å². The van der Waals surface area contributed by atoms with Gasteiger partial charge >= 0.3 is 5.97 Å². The lowest BCUT2D eigenvalue weighted by Gasteiger charge is -2.23. The van der Waals surface area contributed by atoms with Crippen LogP contribution in [-0.4, -0.2) is 34.5 Å². The Kier molecular flexibility index (Phi) is 7.21. The van der Waals surface area contributed by atoms with Crippen molar-refractivity contribution in [3.8, 4) is 0 Å². The standard InChI is InChI=1S/C11H21NO3S/c1-5-8(6-2)9(11(14)15)12-10(13)7(3)16-4/h7-9H,5-6H2,1-4H3,(H,12,13)(H,14,15). The van der Waals surface area contributed by atoms with E-state index in [-0.39, 0.29) is 17.1 Å². The van der Waals surface area contributed by atoms with Gasteiger partial charge in [-0.15, -0.1) is 0 Å². The van der Waals surface area contributed by atoms with Crippen LogP contribution in [0.4, 0.5) is 0 Å². The topological polar surface area (TPSA) is 66.4 Å². The minimum atomic E-state index is -0.949. The number of aliphatic carboxylic acids is 1. The van der Waals surface area contributed by atoms with Crippen molar-refractivity contribution >= 4 is 23.6 Å². The first-order chi connectivity index (χ1) is 7.47. The van der Waals surface area contributed by atoms with Gasteiger partial charge in [-0.05, 0) is 19.1 Å². The first kappa shape index (κ1) is 15.3. The van der Waals surface area contributed by atoms with Gasteiger partial charge in [0.2, 0.25) is 5.91 Å². The lowest BCUT2D eigenvalue weighted by molar-refractivity contribution is -0.143. The van der Waals surface area contributed by atoms with Gasteiger partial charge < -0.3 is 10.4 Å². The van der Waals surface area contributed by atoms with Crippen LogP contribution in [-0.2, 0) is 9.59 Å². The third kappa shape index (κ3) is 4.43. The number of hydrogen-bond acceptors (Lipinski definition) is 3. The maximum Gasteiger partial charge on any atom is 0.326 e. The molecule has 5 heteroatoms. The second kappa shape index (κ2) is 7.54. The summed E-state index contributed by atoms with van der Waals surface area (Å²) in [5, 5.41) is 11.5. The third-order valence-electron chi connectivity index (χ3n) is 2.81. The third-order valence-corrected chi connectivity index (χ3v) is 3.73. The van der Waals surface area contributed by atoms with E-state index in [0.29, 0.717) is 0 Å². The molecule has 0 aromatic heterocycles. The number of rotatable bonds is 7. The van der Waals surface area contributed by atoms with Crippen molar-refractivity contribution in [3.63, 3.8) is 0 Å². The largest absolute Gasteiger partial charge is 0.480 e. The predicted molar refractivity (Wildman–Crippen MR) is 66.6 cm³/mol. The number of hydrogen-bond donors (Lipinski definition) is 2. The van der Waals surface area contributed by atoms with E-state index < -0.39 is 12.0 Å². The first-order valence-corrected chi connectivity index (χ1v) is 6.82. The van der Waals surface area contributed by atoms with Crippen molar-refractivity contribution in [1.82, 2.24) is 5.32 Å². The van der Waals surface area contributed by atoms with E-state index in [1.54, 1.807) is 6.92 Å². The maximum atomic E-state index is 11.6. The number of carboxylic acid groups (broad SMARTS) is 1. The molecule has 0 aliphatic rings. The van der Waals surface area contributed by atoms with Gasteiger partial charge in [0, 0.05) is 0 Å². The van der Waals surface area contributed by atoms with Gasteiger partial charge in [-0.2, -0.15) is 11.8 Å². The molecule has 0 fully saturated rings. The molecule has 0 spiro atoms. The summed E-state index contributed by atoms with van der Waals surface area (Å²) in [5.41, 5.74) is 0. The molecule has 4 nitrogen and oxygen atoms in total. The van der Waals surface area contributed by atoms with Crippen molar-refractivity contribution in [1.29, 1.82) is 0 Å². The SMILES string of the molecule is CCC(CC)C(NC(=O)C(C)SC)C(=O)O. The number of thioether (sulfide) groups is 1. The fourth-order valence-electron chi connectivity index (χ4n) is 1.52. The molecule has 0 aliphatic heterocycles. The molecule has 0 saturated heterocycles. The Morgan fingerprint density at radius 1 is 1.31 bits per heavy atom. The Bertz CT molecular complexity index is 241. The highest BCUT2D eigenvalue weighted by molar-refractivity contribution is 7.99. The zero-order valence-corrected chi connectivity index (χ0v) is 11.1. The molecule has 16 heavy (non-hydrogen) atoms. The molecule has 94 valence electrons. The second-order valence-corrected chi connectivity index (χ2v) is 4.96. The Labute approximate surface area is 101 Å². The summed E-state index contributed by atoms with van der Waals surface area (Å²) in [6.45, 7) is 5.65. The molecule has 0 aromatic carbocycles. The van der Waals surface area contributed by atoms with Gasteiger partial charge in [0.15, 0.2) is 0 Å². The molecule has 0 bridgehead atoms. The van der Waals surface area contributed by atoms with Crippen LogP contribution in [0.25, 0.3) is 0 Å². The van der Waals surface area contributed by atoms with Crippen LogP contribution in [0, 0.1) is 5.92 Å². The average molecular weight is 247 g/mol. The van der Waals surface area contributed by atoms with Gasteiger partial charge in [0.25, 0.3) is 0 Å². The number of carboxylic acids is 1. The molecule has 0 rings (SSSR count). The summed E-state index contributed by atoms with van der Waals surface area (Å²) in [5.74, 6) is -1.15. The summed E-state index contributed by atoms with van der Waals surface area (Å²) in [6, 6.07) is -0.767. The second-order valence-electron chi connectivity index (χ2n) is 3.78. The monoisotopic (exact) mass is 247 g/mol. The summed E-state index contributed by atoms with van der Waals surface area (Å²) in [4.78, 5) is 22.7.